The number of esters is 1. The van der Waals surface area contributed by atoms with E-state index in [-0.39, 0.29) is 17.9 Å². The molecule has 24 heavy (non-hydrogen) atoms. The quantitative estimate of drug-likeness (QED) is 0.586. The van der Waals surface area contributed by atoms with Gasteiger partial charge in [-0.3, -0.25) is 4.79 Å². The van der Waals surface area contributed by atoms with E-state index in [9.17, 15) is 13.2 Å². The Balaban J connectivity index is 2.25. The van der Waals surface area contributed by atoms with E-state index in [0.29, 0.717) is 5.69 Å². The lowest BCUT2D eigenvalue weighted by Gasteiger charge is -2.17. The normalized spacial score (nSPS) is 12.5. The molecule has 0 aliphatic rings. The van der Waals surface area contributed by atoms with Crippen LogP contribution in [0, 0.1) is 0 Å². The SMILES string of the molecule is CCOC(=O)C(Cc1cccc(N)c1)NS(=O)(=O)c1ccccc1. The molecule has 128 valence electrons. The number of ether oxygens (including phenoxy) is 1. The number of nitrogens with one attached hydrogen (secondary N) is 1. The summed E-state index contributed by atoms with van der Waals surface area (Å²) in [7, 11) is -3.84. The monoisotopic (exact) mass is 348 g/mol. The van der Waals surface area contributed by atoms with Crippen molar-refractivity contribution in [1.82, 2.24) is 4.72 Å². The number of carbonyl (C=O) groups excluding carboxylic acids is 1. The molecule has 0 saturated heterocycles. The fourth-order valence-corrected chi connectivity index (χ4v) is 3.43. The predicted molar refractivity (Wildman–Crippen MR) is 91.7 cm³/mol. The summed E-state index contributed by atoms with van der Waals surface area (Å²) in [5.74, 6) is -0.626. The van der Waals surface area contributed by atoms with Gasteiger partial charge in [0.1, 0.15) is 6.04 Å². The van der Waals surface area contributed by atoms with Gasteiger partial charge in [0.05, 0.1) is 11.5 Å². The highest BCUT2D eigenvalue weighted by Crippen LogP contribution is 2.13. The van der Waals surface area contributed by atoms with Crippen LogP contribution >= 0.6 is 0 Å². The van der Waals surface area contributed by atoms with E-state index in [1.165, 1.54) is 12.1 Å². The molecule has 0 aliphatic carbocycles. The molecule has 3 N–H and O–H groups in total. The zero-order valence-corrected chi connectivity index (χ0v) is 14.1. The zero-order valence-electron chi connectivity index (χ0n) is 13.3. The first kappa shape index (κ1) is 18.0. The third kappa shape index (κ3) is 4.81. The van der Waals surface area contributed by atoms with Gasteiger partial charge in [-0.15, -0.1) is 0 Å². The topological polar surface area (TPSA) is 98.5 Å². The summed E-state index contributed by atoms with van der Waals surface area (Å²) in [6, 6.07) is 13.8. The van der Waals surface area contributed by atoms with Crippen molar-refractivity contribution in [3.05, 3.63) is 60.2 Å². The number of sulfonamides is 1. The molecule has 1 atom stereocenters. The van der Waals surface area contributed by atoms with E-state index in [1.807, 2.05) is 0 Å². The van der Waals surface area contributed by atoms with Crippen molar-refractivity contribution in [1.29, 1.82) is 0 Å². The van der Waals surface area contributed by atoms with Gasteiger partial charge < -0.3 is 10.5 Å². The Labute approximate surface area is 141 Å². The Kier molecular flexibility index (Phi) is 5.94. The Bertz CT molecular complexity index is 791. The molecule has 0 fully saturated rings. The molecule has 1 unspecified atom stereocenters. The summed E-state index contributed by atoms with van der Waals surface area (Å²) >= 11 is 0. The lowest BCUT2D eigenvalue weighted by Crippen LogP contribution is -2.43. The van der Waals surface area contributed by atoms with Crippen molar-refractivity contribution in [2.45, 2.75) is 24.3 Å². The summed E-state index contributed by atoms with van der Waals surface area (Å²) in [4.78, 5) is 12.3. The second kappa shape index (κ2) is 7.94. The first-order valence-corrected chi connectivity index (χ1v) is 8.99. The lowest BCUT2D eigenvalue weighted by atomic mass is 10.1. The molecule has 0 radical (unpaired) electrons. The third-order valence-corrected chi connectivity index (χ3v) is 4.80. The molecule has 0 amide bonds. The van der Waals surface area contributed by atoms with Crippen LogP contribution in [0.3, 0.4) is 0 Å². The minimum atomic E-state index is -3.84. The maximum absolute atomic E-state index is 12.5. The van der Waals surface area contributed by atoms with Crippen LogP contribution < -0.4 is 10.5 Å². The van der Waals surface area contributed by atoms with Crippen LogP contribution in [0.15, 0.2) is 59.5 Å². The van der Waals surface area contributed by atoms with E-state index in [0.717, 1.165) is 5.56 Å². The number of carbonyl (C=O) groups is 1. The van der Waals surface area contributed by atoms with Crippen LogP contribution in [0.2, 0.25) is 0 Å². The average molecular weight is 348 g/mol. The average Bonchev–Trinajstić information content (AvgIpc) is 2.55. The van der Waals surface area contributed by atoms with Gasteiger partial charge in [0.15, 0.2) is 0 Å². The summed E-state index contributed by atoms with van der Waals surface area (Å²) in [6.07, 6.45) is 0.149. The molecular weight excluding hydrogens is 328 g/mol. The van der Waals surface area contributed by atoms with Crippen LogP contribution in [0.5, 0.6) is 0 Å². The van der Waals surface area contributed by atoms with Crippen LogP contribution in [0.25, 0.3) is 0 Å². The van der Waals surface area contributed by atoms with Gasteiger partial charge in [0.2, 0.25) is 10.0 Å². The van der Waals surface area contributed by atoms with Crippen LogP contribution in [-0.2, 0) is 26.0 Å². The van der Waals surface area contributed by atoms with Gasteiger partial charge in [-0.05, 0) is 43.2 Å². The van der Waals surface area contributed by atoms with Gasteiger partial charge in [-0.25, -0.2) is 8.42 Å². The highest BCUT2D eigenvalue weighted by Gasteiger charge is 2.27. The van der Waals surface area contributed by atoms with Crippen LogP contribution in [-0.4, -0.2) is 27.0 Å². The number of nitrogen functional groups attached to an aromatic ring is 1. The molecule has 0 bridgehead atoms. The number of hydrogen-bond acceptors (Lipinski definition) is 5. The molecule has 2 aromatic carbocycles. The Morgan fingerprint density at radius 3 is 2.50 bits per heavy atom. The molecule has 2 aromatic rings. The maximum Gasteiger partial charge on any atom is 0.324 e. The van der Waals surface area contributed by atoms with Gasteiger partial charge in [-0.2, -0.15) is 4.72 Å². The minimum Gasteiger partial charge on any atom is -0.465 e. The summed E-state index contributed by atoms with van der Waals surface area (Å²) in [5, 5.41) is 0. The summed E-state index contributed by atoms with van der Waals surface area (Å²) in [5.41, 5.74) is 7.01. The Hall–Kier alpha value is -2.38. The molecule has 6 nitrogen and oxygen atoms in total. The van der Waals surface area contributed by atoms with Crippen molar-refractivity contribution in [2.24, 2.45) is 0 Å². The summed E-state index contributed by atoms with van der Waals surface area (Å²) < 4.78 is 32.3. The highest BCUT2D eigenvalue weighted by atomic mass is 32.2. The van der Waals surface area contributed by atoms with Crippen molar-refractivity contribution < 1.29 is 17.9 Å². The molecule has 0 aliphatic heterocycles. The van der Waals surface area contributed by atoms with Gasteiger partial charge in [0, 0.05) is 5.69 Å². The van der Waals surface area contributed by atoms with E-state index >= 15 is 0 Å². The molecule has 2 rings (SSSR count). The fourth-order valence-electron chi connectivity index (χ4n) is 2.23. The standard InChI is InChI=1S/C17H20N2O4S/c1-2-23-17(20)16(12-13-7-6-8-14(18)11-13)19-24(21,22)15-9-4-3-5-10-15/h3-11,16,19H,2,12,18H2,1H3. The van der Waals surface area contributed by atoms with Gasteiger partial charge in [-0.1, -0.05) is 30.3 Å². The number of nitrogens with two attached hydrogens (primary N) is 1. The number of hydrogen-bond donors (Lipinski definition) is 2. The van der Waals surface area contributed by atoms with Crippen molar-refractivity contribution >= 4 is 21.7 Å². The van der Waals surface area contributed by atoms with E-state index < -0.39 is 22.0 Å². The molecule has 0 aromatic heterocycles. The first-order chi connectivity index (χ1) is 11.4. The van der Waals surface area contributed by atoms with Crippen molar-refractivity contribution in [2.75, 3.05) is 12.3 Å². The molecule has 0 saturated carbocycles. The molecule has 7 heteroatoms. The first-order valence-electron chi connectivity index (χ1n) is 7.51. The second-order valence-electron chi connectivity index (χ2n) is 5.19. The van der Waals surface area contributed by atoms with Crippen LogP contribution in [0.4, 0.5) is 5.69 Å². The fraction of sp³-hybridized carbons (Fsp3) is 0.235. The largest absolute Gasteiger partial charge is 0.465 e. The smallest absolute Gasteiger partial charge is 0.324 e. The third-order valence-electron chi connectivity index (χ3n) is 3.31. The maximum atomic E-state index is 12.5. The van der Waals surface area contributed by atoms with Gasteiger partial charge >= 0.3 is 5.97 Å². The molecular formula is C17H20N2O4S. The Morgan fingerprint density at radius 2 is 1.88 bits per heavy atom. The predicted octanol–water partition coefficient (Wildman–Crippen LogP) is 1.72. The van der Waals surface area contributed by atoms with Gasteiger partial charge in [0.25, 0.3) is 0 Å². The molecule has 0 heterocycles. The summed E-state index contributed by atoms with van der Waals surface area (Å²) in [6.45, 7) is 1.83. The second-order valence-corrected chi connectivity index (χ2v) is 6.90. The van der Waals surface area contributed by atoms with E-state index in [1.54, 1.807) is 49.4 Å². The number of benzene rings is 2. The molecule has 0 spiro atoms. The minimum absolute atomic E-state index is 0.0897. The number of anilines is 1. The van der Waals surface area contributed by atoms with Crippen molar-refractivity contribution in [3.8, 4) is 0 Å². The van der Waals surface area contributed by atoms with E-state index in [2.05, 4.69) is 4.72 Å². The van der Waals surface area contributed by atoms with Crippen molar-refractivity contribution in [3.63, 3.8) is 0 Å². The number of rotatable bonds is 7. The highest BCUT2D eigenvalue weighted by molar-refractivity contribution is 7.89. The van der Waals surface area contributed by atoms with E-state index in [4.69, 9.17) is 10.5 Å². The lowest BCUT2D eigenvalue weighted by molar-refractivity contribution is -0.145. The Morgan fingerprint density at radius 1 is 1.17 bits per heavy atom. The van der Waals surface area contributed by atoms with Crippen LogP contribution in [0.1, 0.15) is 12.5 Å². The zero-order chi connectivity index (χ0) is 17.6.